The van der Waals surface area contributed by atoms with E-state index in [0.717, 1.165) is 18.0 Å². The standard InChI is InChI=1S/C20H32N4O3/c1-13(2)8-18(25)21-16-11-26-20-17(12-27-19(16)20)24-10-15(22-23-24)9-14-6-4-3-5-7-14/h10,13-14,16-17,19-20H,3-9,11-12H2,1-2H3,(H,21,25). The number of amides is 1. The van der Waals surface area contributed by atoms with Gasteiger partial charge in [0.15, 0.2) is 0 Å². The van der Waals surface area contributed by atoms with E-state index in [4.69, 9.17) is 9.47 Å². The van der Waals surface area contributed by atoms with Gasteiger partial charge in [-0.25, -0.2) is 4.68 Å². The molecule has 1 saturated carbocycles. The van der Waals surface area contributed by atoms with Crippen molar-refractivity contribution < 1.29 is 14.3 Å². The number of hydrogen-bond acceptors (Lipinski definition) is 5. The average molecular weight is 377 g/mol. The lowest BCUT2D eigenvalue weighted by molar-refractivity contribution is -0.123. The van der Waals surface area contributed by atoms with Crippen LogP contribution in [0.3, 0.4) is 0 Å². The summed E-state index contributed by atoms with van der Waals surface area (Å²) >= 11 is 0. The zero-order valence-electron chi connectivity index (χ0n) is 16.5. The molecule has 1 aromatic rings. The first kappa shape index (κ1) is 18.9. The number of carbonyl (C=O) groups is 1. The van der Waals surface area contributed by atoms with Crippen LogP contribution in [-0.2, 0) is 20.7 Å². The Morgan fingerprint density at radius 2 is 2.00 bits per heavy atom. The molecular weight excluding hydrogens is 344 g/mol. The minimum Gasteiger partial charge on any atom is -0.371 e. The van der Waals surface area contributed by atoms with Crippen LogP contribution in [-0.4, -0.2) is 52.4 Å². The maximum absolute atomic E-state index is 12.1. The highest BCUT2D eigenvalue weighted by Crippen LogP contribution is 2.34. The third-order valence-corrected chi connectivity index (χ3v) is 6.09. The first-order chi connectivity index (χ1) is 13.1. The van der Waals surface area contributed by atoms with E-state index < -0.39 is 0 Å². The molecule has 4 unspecified atom stereocenters. The SMILES string of the molecule is CC(C)CC(=O)NC1COC2C1OCC2n1cc(CC2CCCCC2)nn1. The van der Waals surface area contributed by atoms with Crippen molar-refractivity contribution in [1.82, 2.24) is 20.3 Å². The third-order valence-electron chi connectivity index (χ3n) is 6.09. The minimum atomic E-state index is -0.0999. The molecule has 2 aliphatic heterocycles. The lowest BCUT2D eigenvalue weighted by Gasteiger charge is -2.20. The van der Waals surface area contributed by atoms with Crippen molar-refractivity contribution in [2.24, 2.45) is 11.8 Å². The fourth-order valence-corrected chi connectivity index (χ4v) is 4.72. The number of carbonyl (C=O) groups excluding carboxylic acids is 1. The third kappa shape index (κ3) is 4.35. The van der Waals surface area contributed by atoms with Crippen molar-refractivity contribution >= 4 is 5.91 Å². The van der Waals surface area contributed by atoms with Crippen LogP contribution >= 0.6 is 0 Å². The van der Waals surface area contributed by atoms with Crippen LogP contribution in [0.4, 0.5) is 0 Å². The van der Waals surface area contributed by atoms with Crippen molar-refractivity contribution in [2.45, 2.75) is 83.1 Å². The summed E-state index contributed by atoms with van der Waals surface area (Å²) in [5, 5.41) is 11.8. The highest BCUT2D eigenvalue weighted by atomic mass is 16.6. The molecule has 2 saturated heterocycles. The summed E-state index contributed by atoms with van der Waals surface area (Å²) in [6.45, 7) is 5.15. The largest absolute Gasteiger partial charge is 0.371 e. The monoisotopic (exact) mass is 376 g/mol. The highest BCUT2D eigenvalue weighted by Gasteiger charge is 2.49. The van der Waals surface area contributed by atoms with Crippen LogP contribution in [0.2, 0.25) is 0 Å². The van der Waals surface area contributed by atoms with Gasteiger partial charge in [-0.05, 0) is 18.3 Å². The van der Waals surface area contributed by atoms with E-state index in [1.807, 2.05) is 18.5 Å². The van der Waals surface area contributed by atoms with E-state index in [1.165, 1.54) is 32.1 Å². The smallest absolute Gasteiger partial charge is 0.220 e. The Morgan fingerprint density at radius 3 is 2.78 bits per heavy atom. The van der Waals surface area contributed by atoms with Crippen LogP contribution in [0.15, 0.2) is 6.20 Å². The molecule has 1 aromatic heterocycles. The lowest BCUT2D eigenvalue weighted by Crippen LogP contribution is -2.44. The maximum Gasteiger partial charge on any atom is 0.220 e. The first-order valence-electron chi connectivity index (χ1n) is 10.5. The molecule has 0 aromatic carbocycles. The van der Waals surface area contributed by atoms with E-state index >= 15 is 0 Å². The van der Waals surface area contributed by atoms with Gasteiger partial charge in [-0.2, -0.15) is 0 Å². The van der Waals surface area contributed by atoms with Gasteiger partial charge in [0.1, 0.15) is 18.2 Å². The van der Waals surface area contributed by atoms with Crippen molar-refractivity contribution in [3.8, 4) is 0 Å². The predicted octanol–water partition coefficient (Wildman–Crippen LogP) is 2.27. The van der Waals surface area contributed by atoms with Crippen molar-refractivity contribution in [1.29, 1.82) is 0 Å². The van der Waals surface area contributed by atoms with E-state index in [9.17, 15) is 4.79 Å². The Hall–Kier alpha value is -1.47. The normalized spacial score (nSPS) is 31.4. The van der Waals surface area contributed by atoms with Crippen molar-refractivity contribution in [3.63, 3.8) is 0 Å². The van der Waals surface area contributed by atoms with Gasteiger partial charge in [0.25, 0.3) is 0 Å². The van der Waals surface area contributed by atoms with Gasteiger partial charge in [-0.1, -0.05) is 51.2 Å². The lowest BCUT2D eigenvalue weighted by atomic mass is 9.86. The first-order valence-corrected chi connectivity index (χ1v) is 10.5. The number of fused-ring (bicyclic) bond motifs is 1. The van der Waals surface area contributed by atoms with Crippen LogP contribution < -0.4 is 5.32 Å². The van der Waals surface area contributed by atoms with Crippen LogP contribution in [0.25, 0.3) is 0 Å². The number of nitrogens with zero attached hydrogens (tertiary/aromatic N) is 3. The molecule has 1 amide bonds. The molecule has 7 heteroatoms. The quantitative estimate of drug-likeness (QED) is 0.824. The molecule has 27 heavy (non-hydrogen) atoms. The molecule has 0 spiro atoms. The molecule has 3 heterocycles. The number of nitrogens with one attached hydrogen (secondary N) is 1. The molecule has 0 bridgehead atoms. The summed E-state index contributed by atoms with van der Waals surface area (Å²) in [5.74, 6) is 1.17. The number of aromatic nitrogens is 3. The van der Waals surface area contributed by atoms with E-state index in [-0.39, 0.29) is 30.2 Å². The van der Waals surface area contributed by atoms with Crippen molar-refractivity contribution in [3.05, 3.63) is 11.9 Å². The second kappa shape index (κ2) is 8.27. The second-order valence-electron chi connectivity index (χ2n) is 8.83. The van der Waals surface area contributed by atoms with Crippen molar-refractivity contribution in [2.75, 3.05) is 13.2 Å². The van der Waals surface area contributed by atoms with Crippen LogP contribution in [0, 0.1) is 11.8 Å². The number of ether oxygens (including phenoxy) is 2. The fourth-order valence-electron chi connectivity index (χ4n) is 4.72. The van der Waals surface area contributed by atoms with Gasteiger partial charge in [0, 0.05) is 12.6 Å². The Kier molecular flexibility index (Phi) is 5.78. The summed E-state index contributed by atoms with van der Waals surface area (Å²) in [6, 6.07) is -0.0360. The van der Waals surface area contributed by atoms with Gasteiger partial charge in [0.2, 0.25) is 5.91 Å². The van der Waals surface area contributed by atoms with Crippen LogP contribution in [0.5, 0.6) is 0 Å². The molecule has 1 N–H and O–H groups in total. The molecule has 1 aliphatic carbocycles. The Bertz CT molecular complexity index is 641. The number of hydrogen-bond donors (Lipinski definition) is 1. The Balaban J connectivity index is 1.34. The summed E-state index contributed by atoms with van der Waals surface area (Å²) in [7, 11) is 0. The molecule has 4 rings (SSSR count). The highest BCUT2D eigenvalue weighted by molar-refractivity contribution is 5.76. The zero-order valence-corrected chi connectivity index (χ0v) is 16.5. The molecule has 3 aliphatic rings. The summed E-state index contributed by atoms with van der Waals surface area (Å²) in [6.07, 6.45) is 10.1. The van der Waals surface area contributed by atoms with E-state index in [1.54, 1.807) is 0 Å². The average Bonchev–Trinajstić information content (AvgIpc) is 3.33. The topological polar surface area (TPSA) is 78.3 Å². The summed E-state index contributed by atoms with van der Waals surface area (Å²) < 4.78 is 13.9. The minimum absolute atomic E-state index is 0.0367. The molecule has 0 radical (unpaired) electrons. The molecule has 7 nitrogen and oxygen atoms in total. The molecule has 3 fully saturated rings. The van der Waals surface area contributed by atoms with E-state index in [2.05, 4.69) is 21.8 Å². The molecular formula is C20H32N4O3. The maximum atomic E-state index is 12.1. The molecule has 4 atom stereocenters. The van der Waals surface area contributed by atoms with Gasteiger partial charge >= 0.3 is 0 Å². The number of rotatable bonds is 6. The zero-order chi connectivity index (χ0) is 18.8. The van der Waals surface area contributed by atoms with Gasteiger partial charge in [-0.3, -0.25) is 4.79 Å². The summed E-state index contributed by atoms with van der Waals surface area (Å²) in [5.41, 5.74) is 1.07. The Morgan fingerprint density at radius 1 is 1.22 bits per heavy atom. The molecule has 150 valence electrons. The Labute approximate surface area is 161 Å². The van der Waals surface area contributed by atoms with Gasteiger partial charge in [-0.15, -0.1) is 5.10 Å². The van der Waals surface area contributed by atoms with E-state index in [0.29, 0.717) is 25.6 Å². The second-order valence-corrected chi connectivity index (χ2v) is 8.83. The van der Waals surface area contributed by atoms with Crippen LogP contribution in [0.1, 0.15) is 64.1 Å². The fraction of sp³-hybridized carbons (Fsp3) is 0.850. The van der Waals surface area contributed by atoms with Gasteiger partial charge in [0.05, 0.1) is 24.9 Å². The predicted molar refractivity (Wildman–Crippen MR) is 100 cm³/mol. The summed E-state index contributed by atoms with van der Waals surface area (Å²) in [4.78, 5) is 12.1. The van der Waals surface area contributed by atoms with Gasteiger partial charge < -0.3 is 14.8 Å².